The van der Waals surface area contributed by atoms with Gasteiger partial charge in [-0.15, -0.1) is 0 Å². The molecule has 3 aromatic heterocycles. The van der Waals surface area contributed by atoms with Crippen LogP contribution in [0.15, 0.2) is 79.3 Å². The Morgan fingerprint density at radius 1 is 0.861 bits per heavy atom. The smallest absolute Gasteiger partial charge is 0.216 e. The van der Waals surface area contributed by atoms with Gasteiger partial charge in [0.1, 0.15) is 11.6 Å². The number of halogens is 2. The minimum atomic E-state index is -0.340. The van der Waals surface area contributed by atoms with E-state index in [-0.39, 0.29) is 17.5 Å². The van der Waals surface area contributed by atoms with E-state index in [1.165, 1.54) is 31.2 Å². The Balaban J connectivity index is 1.75. The van der Waals surface area contributed by atoms with E-state index in [0.717, 1.165) is 33.2 Å². The number of pyridine rings is 2. The fourth-order valence-electron chi connectivity index (χ4n) is 4.24. The van der Waals surface area contributed by atoms with Crippen molar-refractivity contribution in [1.29, 1.82) is 0 Å². The van der Waals surface area contributed by atoms with E-state index in [0.29, 0.717) is 30.9 Å². The molecule has 0 radical (unpaired) electrons. The summed E-state index contributed by atoms with van der Waals surface area (Å²) in [5, 5.41) is 8.30. The van der Waals surface area contributed by atoms with Crippen LogP contribution in [0.2, 0.25) is 0 Å². The standard InChI is InChI=1S/C28H23F2N5O/c1-18(36)32-13-2-16-35-17-24-25(19-3-7-22(29)8-4-19)26(20-11-14-31-15-12-20)27(33-28(24)34-35)21-5-9-23(30)10-6-21/h3-12,14-15,17H,2,13,16H2,1H3,(H,32,36). The minimum Gasteiger partial charge on any atom is -0.356 e. The van der Waals surface area contributed by atoms with Crippen LogP contribution in [0.3, 0.4) is 0 Å². The fourth-order valence-corrected chi connectivity index (χ4v) is 4.24. The molecule has 0 fully saturated rings. The molecule has 3 heterocycles. The molecule has 0 bridgehead atoms. The lowest BCUT2D eigenvalue weighted by molar-refractivity contribution is -0.118. The van der Waals surface area contributed by atoms with Crippen LogP contribution in [0.5, 0.6) is 0 Å². The second kappa shape index (κ2) is 10.0. The maximum Gasteiger partial charge on any atom is 0.216 e. The Bertz CT molecular complexity index is 1510. The molecule has 180 valence electrons. The topological polar surface area (TPSA) is 72.7 Å². The Kier molecular flexibility index (Phi) is 6.49. The van der Waals surface area contributed by atoms with Gasteiger partial charge in [0.05, 0.1) is 5.69 Å². The number of amides is 1. The van der Waals surface area contributed by atoms with Crippen molar-refractivity contribution in [1.82, 2.24) is 25.1 Å². The molecular weight excluding hydrogens is 460 g/mol. The first-order chi connectivity index (χ1) is 17.5. The summed E-state index contributed by atoms with van der Waals surface area (Å²) in [4.78, 5) is 20.3. The van der Waals surface area contributed by atoms with E-state index in [1.54, 1.807) is 41.3 Å². The molecule has 0 saturated heterocycles. The van der Waals surface area contributed by atoms with Crippen molar-refractivity contribution in [3.8, 4) is 33.5 Å². The number of fused-ring (bicyclic) bond motifs is 1. The number of hydrogen-bond acceptors (Lipinski definition) is 4. The Labute approximate surface area is 206 Å². The van der Waals surface area contributed by atoms with Crippen LogP contribution in [0.4, 0.5) is 8.78 Å². The van der Waals surface area contributed by atoms with E-state index in [4.69, 9.17) is 10.1 Å². The van der Waals surface area contributed by atoms with Crippen LogP contribution in [0.1, 0.15) is 13.3 Å². The average molecular weight is 484 g/mol. The van der Waals surface area contributed by atoms with Gasteiger partial charge in [0.15, 0.2) is 5.65 Å². The third-order valence-corrected chi connectivity index (χ3v) is 5.87. The first kappa shape index (κ1) is 23.3. The molecule has 8 heteroatoms. The lowest BCUT2D eigenvalue weighted by Gasteiger charge is -2.16. The molecule has 0 unspecified atom stereocenters. The van der Waals surface area contributed by atoms with Crippen LogP contribution in [0, 0.1) is 11.6 Å². The van der Waals surface area contributed by atoms with Gasteiger partial charge in [-0.1, -0.05) is 12.1 Å². The van der Waals surface area contributed by atoms with Gasteiger partial charge in [-0.2, -0.15) is 5.10 Å². The monoisotopic (exact) mass is 483 g/mol. The summed E-state index contributed by atoms with van der Waals surface area (Å²) in [5.41, 5.74) is 5.23. The molecule has 0 spiro atoms. The van der Waals surface area contributed by atoms with Crippen molar-refractivity contribution in [2.45, 2.75) is 19.9 Å². The van der Waals surface area contributed by atoms with Crippen molar-refractivity contribution in [2.24, 2.45) is 0 Å². The Morgan fingerprint density at radius 2 is 1.47 bits per heavy atom. The van der Waals surface area contributed by atoms with Gasteiger partial charge in [0.25, 0.3) is 0 Å². The molecule has 5 aromatic rings. The quantitative estimate of drug-likeness (QED) is 0.305. The van der Waals surface area contributed by atoms with Crippen LogP contribution in [-0.2, 0) is 11.3 Å². The Hall–Kier alpha value is -4.46. The van der Waals surface area contributed by atoms with E-state index in [9.17, 15) is 13.6 Å². The summed E-state index contributed by atoms with van der Waals surface area (Å²) in [6.07, 6.45) is 6.02. The second-order valence-electron chi connectivity index (χ2n) is 8.43. The molecule has 5 rings (SSSR count). The number of benzene rings is 2. The maximum absolute atomic E-state index is 13.9. The minimum absolute atomic E-state index is 0.0770. The van der Waals surface area contributed by atoms with Crippen molar-refractivity contribution in [3.05, 3.63) is 90.9 Å². The van der Waals surface area contributed by atoms with Gasteiger partial charge >= 0.3 is 0 Å². The summed E-state index contributed by atoms with van der Waals surface area (Å²) in [5.74, 6) is -0.749. The molecule has 6 nitrogen and oxygen atoms in total. The molecular formula is C28H23F2N5O. The van der Waals surface area contributed by atoms with Gasteiger partial charge in [-0.25, -0.2) is 13.8 Å². The van der Waals surface area contributed by atoms with Gasteiger partial charge in [-0.3, -0.25) is 14.5 Å². The Morgan fingerprint density at radius 3 is 2.11 bits per heavy atom. The summed E-state index contributed by atoms with van der Waals surface area (Å²) in [6.45, 7) is 2.60. The predicted octanol–water partition coefficient (Wildman–Crippen LogP) is 5.63. The zero-order chi connectivity index (χ0) is 25.1. The summed E-state index contributed by atoms with van der Waals surface area (Å²) in [6, 6.07) is 16.3. The lowest BCUT2D eigenvalue weighted by Crippen LogP contribution is -2.22. The largest absolute Gasteiger partial charge is 0.356 e. The van der Waals surface area contributed by atoms with Crippen LogP contribution in [0.25, 0.3) is 44.5 Å². The number of rotatable bonds is 7. The highest BCUT2D eigenvalue weighted by molar-refractivity contribution is 6.05. The average Bonchev–Trinajstić information content (AvgIpc) is 3.29. The summed E-state index contributed by atoms with van der Waals surface area (Å²) >= 11 is 0. The van der Waals surface area contributed by atoms with Crippen molar-refractivity contribution < 1.29 is 13.6 Å². The van der Waals surface area contributed by atoms with Crippen molar-refractivity contribution in [2.75, 3.05) is 6.54 Å². The number of nitrogens with one attached hydrogen (secondary N) is 1. The lowest BCUT2D eigenvalue weighted by atomic mass is 9.90. The van der Waals surface area contributed by atoms with E-state index in [2.05, 4.69) is 10.3 Å². The third-order valence-electron chi connectivity index (χ3n) is 5.87. The summed E-state index contributed by atoms with van der Waals surface area (Å²) < 4.78 is 29.4. The first-order valence-electron chi connectivity index (χ1n) is 11.6. The number of hydrogen-bond donors (Lipinski definition) is 1. The van der Waals surface area contributed by atoms with Crippen molar-refractivity contribution in [3.63, 3.8) is 0 Å². The molecule has 2 aromatic carbocycles. The van der Waals surface area contributed by atoms with Gasteiger partial charge in [0.2, 0.25) is 5.91 Å². The highest BCUT2D eigenvalue weighted by Gasteiger charge is 2.22. The first-order valence-corrected chi connectivity index (χ1v) is 11.6. The van der Waals surface area contributed by atoms with Crippen LogP contribution >= 0.6 is 0 Å². The highest BCUT2D eigenvalue weighted by Crippen LogP contribution is 2.42. The van der Waals surface area contributed by atoms with Crippen molar-refractivity contribution >= 4 is 16.9 Å². The molecule has 0 saturated carbocycles. The zero-order valence-corrected chi connectivity index (χ0v) is 19.6. The number of carbonyl (C=O) groups is 1. The maximum atomic E-state index is 13.9. The van der Waals surface area contributed by atoms with Crippen LogP contribution < -0.4 is 5.32 Å². The normalized spacial score (nSPS) is 11.1. The predicted molar refractivity (Wildman–Crippen MR) is 135 cm³/mol. The SMILES string of the molecule is CC(=O)NCCCn1cc2c(-c3ccc(F)cc3)c(-c3ccncc3)c(-c3ccc(F)cc3)nc2n1. The van der Waals surface area contributed by atoms with E-state index in [1.807, 2.05) is 18.3 Å². The third kappa shape index (κ3) is 4.84. The zero-order valence-electron chi connectivity index (χ0n) is 19.6. The van der Waals surface area contributed by atoms with E-state index < -0.39 is 0 Å². The molecule has 0 aliphatic rings. The van der Waals surface area contributed by atoms with E-state index >= 15 is 0 Å². The number of aryl methyl sites for hydroxylation is 1. The summed E-state index contributed by atoms with van der Waals surface area (Å²) in [7, 11) is 0. The highest BCUT2D eigenvalue weighted by atomic mass is 19.1. The fraction of sp³-hybridized carbons (Fsp3) is 0.143. The molecule has 1 N–H and O–H groups in total. The van der Waals surface area contributed by atoms with Gasteiger partial charge in [-0.05, 0) is 66.1 Å². The number of nitrogens with zero attached hydrogens (tertiary/aromatic N) is 4. The molecule has 0 atom stereocenters. The van der Waals surface area contributed by atoms with Gasteiger partial charge in [0, 0.05) is 60.7 Å². The van der Waals surface area contributed by atoms with Gasteiger partial charge < -0.3 is 5.32 Å². The molecule has 1 amide bonds. The number of carbonyl (C=O) groups excluding carboxylic acids is 1. The molecule has 0 aliphatic heterocycles. The molecule has 36 heavy (non-hydrogen) atoms. The second-order valence-corrected chi connectivity index (χ2v) is 8.43. The van der Waals surface area contributed by atoms with Crippen LogP contribution in [-0.4, -0.2) is 32.2 Å². The number of aromatic nitrogens is 4. The molecule has 0 aliphatic carbocycles.